The number of alkyl halides is 3. The highest BCUT2D eigenvalue weighted by Gasteiger charge is 2.33. The summed E-state index contributed by atoms with van der Waals surface area (Å²) in [6, 6.07) is 2.32. The lowest BCUT2D eigenvalue weighted by molar-refractivity contribution is -0.275. The molecule has 18 heavy (non-hydrogen) atoms. The number of carbonyl (C=O) groups excluding carboxylic acids is 1. The van der Waals surface area contributed by atoms with Crippen LogP contribution in [-0.4, -0.2) is 19.4 Å². The number of ether oxygens (including phenoxy) is 2. The topological polar surface area (TPSA) is 61.5 Å². The Balaban J connectivity index is 3.15. The number of hydrogen-bond donors (Lipinski definition) is 1. The van der Waals surface area contributed by atoms with Crippen LogP contribution in [0.15, 0.2) is 22.7 Å². The minimum Gasteiger partial charge on any atom is -0.468 e. The van der Waals surface area contributed by atoms with Crippen molar-refractivity contribution in [1.29, 1.82) is 0 Å². The van der Waals surface area contributed by atoms with E-state index in [4.69, 9.17) is 5.73 Å². The molecule has 0 saturated carbocycles. The lowest BCUT2D eigenvalue weighted by Gasteiger charge is -2.16. The monoisotopic (exact) mass is 327 g/mol. The highest BCUT2D eigenvalue weighted by atomic mass is 79.9. The van der Waals surface area contributed by atoms with Crippen molar-refractivity contribution in [2.45, 2.75) is 12.4 Å². The van der Waals surface area contributed by atoms with Gasteiger partial charge in [-0.2, -0.15) is 0 Å². The van der Waals surface area contributed by atoms with Crippen molar-refractivity contribution in [2.24, 2.45) is 5.73 Å². The molecule has 2 N–H and O–H groups in total. The van der Waals surface area contributed by atoms with Crippen LogP contribution in [0.4, 0.5) is 13.2 Å². The van der Waals surface area contributed by atoms with Crippen molar-refractivity contribution in [1.82, 2.24) is 0 Å². The van der Waals surface area contributed by atoms with Crippen LogP contribution in [-0.2, 0) is 9.53 Å². The zero-order valence-electron chi connectivity index (χ0n) is 9.12. The van der Waals surface area contributed by atoms with Gasteiger partial charge in [-0.3, -0.25) is 4.79 Å². The number of methoxy groups -OCH3 is 1. The molecule has 0 heterocycles. The SMILES string of the molecule is COC(=O)[C@H](N)c1cc(Br)ccc1OC(F)(F)F. The number of rotatable bonds is 3. The maximum atomic E-state index is 12.2. The van der Waals surface area contributed by atoms with Crippen LogP contribution in [0.25, 0.3) is 0 Å². The summed E-state index contributed by atoms with van der Waals surface area (Å²) in [4.78, 5) is 11.2. The number of carbonyl (C=O) groups is 1. The fourth-order valence-corrected chi connectivity index (χ4v) is 1.61. The van der Waals surface area contributed by atoms with Crippen LogP contribution in [0, 0.1) is 0 Å². The summed E-state index contributed by atoms with van der Waals surface area (Å²) in [5.41, 5.74) is 5.38. The molecule has 1 atom stereocenters. The average Bonchev–Trinajstić information content (AvgIpc) is 2.27. The molecule has 0 saturated heterocycles. The van der Waals surface area contributed by atoms with Crippen molar-refractivity contribution in [3.05, 3.63) is 28.2 Å². The van der Waals surface area contributed by atoms with Gasteiger partial charge in [0.25, 0.3) is 0 Å². The third-order valence-electron chi connectivity index (χ3n) is 1.99. The van der Waals surface area contributed by atoms with Gasteiger partial charge in [0.1, 0.15) is 11.8 Å². The van der Waals surface area contributed by atoms with Gasteiger partial charge >= 0.3 is 12.3 Å². The van der Waals surface area contributed by atoms with E-state index in [9.17, 15) is 18.0 Å². The van der Waals surface area contributed by atoms with Gasteiger partial charge in [0.05, 0.1) is 7.11 Å². The third-order valence-corrected chi connectivity index (χ3v) is 2.48. The first-order valence-electron chi connectivity index (χ1n) is 4.63. The summed E-state index contributed by atoms with van der Waals surface area (Å²) < 4.78 is 45.2. The second-order valence-electron chi connectivity index (χ2n) is 3.23. The molecule has 4 nitrogen and oxygen atoms in total. The molecule has 0 aliphatic carbocycles. The molecule has 1 aromatic rings. The zero-order valence-corrected chi connectivity index (χ0v) is 10.7. The summed E-state index contributed by atoms with van der Waals surface area (Å²) in [5, 5.41) is 0. The number of nitrogens with two attached hydrogens (primary N) is 1. The summed E-state index contributed by atoms with van der Waals surface area (Å²) in [6.45, 7) is 0. The van der Waals surface area contributed by atoms with E-state index in [1.165, 1.54) is 12.1 Å². The molecule has 0 spiro atoms. The molecule has 0 aromatic heterocycles. The molecule has 0 amide bonds. The predicted molar refractivity (Wildman–Crippen MR) is 59.8 cm³/mol. The lowest BCUT2D eigenvalue weighted by Crippen LogP contribution is -2.25. The van der Waals surface area contributed by atoms with Gasteiger partial charge in [-0.25, -0.2) is 0 Å². The molecular weight excluding hydrogens is 319 g/mol. The van der Waals surface area contributed by atoms with Gasteiger partial charge in [0.15, 0.2) is 0 Å². The van der Waals surface area contributed by atoms with E-state index in [0.29, 0.717) is 4.47 Å². The number of hydrogen-bond acceptors (Lipinski definition) is 4. The Bertz CT molecular complexity index is 450. The van der Waals surface area contributed by atoms with E-state index in [1.54, 1.807) is 0 Å². The molecule has 1 rings (SSSR count). The Morgan fingerprint density at radius 3 is 2.56 bits per heavy atom. The maximum Gasteiger partial charge on any atom is 0.573 e. The lowest BCUT2D eigenvalue weighted by atomic mass is 10.1. The summed E-state index contributed by atoms with van der Waals surface area (Å²) in [5.74, 6) is -1.40. The first kappa shape index (κ1) is 14.8. The molecule has 0 radical (unpaired) electrons. The van der Waals surface area contributed by atoms with Crippen LogP contribution < -0.4 is 10.5 Å². The van der Waals surface area contributed by atoms with Crippen molar-refractivity contribution >= 4 is 21.9 Å². The van der Waals surface area contributed by atoms with Crippen LogP contribution >= 0.6 is 15.9 Å². The molecule has 8 heteroatoms. The van der Waals surface area contributed by atoms with Crippen LogP contribution in [0.2, 0.25) is 0 Å². The van der Waals surface area contributed by atoms with Crippen LogP contribution in [0.1, 0.15) is 11.6 Å². The Kier molecular flexibility index (Phi) is 4.58. The van der Waals surface area contributed by atoms with E-state index < -0.39 is 24.1 Å². The smallest absolute Gasteiger partial charge is 0.468 e. The normalized spacial score (nSPS) is 13.0. The molecule has 0 aliphatic heterocycles. The van der Waals surface area contributed by atoms with Crippen molar-refractivity contribution in [2.75, 3.05) is 7.11 Å². The van der Waals surface area contributed by atoms with Gasteiger partial charge in [-0.15, -0.1) is 13.2 Å². The van der Waals surface area contributed by atoms with E-state index in [-0.39, 0.29) is 5.56 Å². The number of esters is 1. The average molecular weight is 328 g/mol. The standard InChI is InChI=1S/C10H9BrF3NO3/c1-17-9(16)8(15)6-4-5(11)2-3-7(6)18-10(12,13)14/h2-4,8H,15H2,1H3/t8-/m1/s1. The molecule has 0 fully saturated rings. The molecule has 0 unspecified atom stereocenters. The molecule has 0 aliphatic rings. The summed E-state index contributed by atoms with van der Waals surface area (Å²) >= 11 is 3.07. The second-order valence-corrected chi connectivity index (χ2v) is 4.15. The second kappa shape index (κ2) is 5.57. The minimum atomic E-state index is -4.86. The Hall–Kier alpha value is -1.28. The summed E-state index contributed by atoms with van der Waals surface area (Å²) in [6.07, 6.45) is -4.86. The predicted octanol–water partition coefficient (Wildman–Crippen LogP) is 2.52. The fourth-order valence-electron chi connectivity index (χ4n) is 1.23. The highest BCUT2D eigenvalue weighted by molar-refractivity contribution is 9.10. The van der Waals surface area contributed by atoms with Gasteiger partial charge in [-0.1, -0.05) is 15.9 Å². The van der Waals surface area contributed by atoms with Crippen molar-refractivity contribution in [3.8, 4) is 5.75 Å². The van der Waals surface area contributed by atoms with Gasteiger partial charge in [0.2, 0.25) is 0 Å². The van der Waals surface area contributed by atoms with Gasteiger partial charge < -0.3 is 15.2 Å². The first-order valence-corrected chi connectivity index (χ1v) is 5.42. The Morgan fingerprint density at radius 1 is 1.44 bits per heavy atom. The van der Waals surface area contributed by atoms with E-state index in [1.807, 2.05) is 0 Å². The zero-order chi connectivity index (χ0) is 13.9. The van der Waals surface area contributed by atoms with Crippen LogP contribution in [0.5, 0.6) is 5.75 Å². The van der Waals surface area contributed by atoms with E-state index in [0.717, 1.165) is 13.2 Å². The molecule has 100 valence electrons. The molecule has 1 aromatic carbocycles. The van der Waals surface area contributed by atoms with Gasteiger partial charge in [0, 0.05) is 10.0 Å². The molecule has 0 bridgehead atoms. The Labute approximate surface area is 109 Å². The van der Waals surface area contributed by atoms with Crippen molar-refractivity contribution < 1.29 is 27.4 Å². The number of benzene rings is 1. The largest absolute Gasteiger partial charge is 0.573 e. The quantitative estimate of drug-likeness (QED) is 0.866. The minimum absolute atomic E-state index is 0.117. The van der Waals surface area contributed by atoms with Crippen LogP contribution in [0.3, 0.4) is 0 Å². The van der Waals surface area contributed by atoms with Gasteiger partial charge in [-0.05, 0) is 18.2 Å². The highest BCUT2D eigenvalue weighted by Crippen LogP contribution is 2.32. The molecular formula is C10H9BrF3NO3. The fraction of sp³-hybridized carbons (Fsp3) is 0.300. The maximum absolute atomic E-state index is 12.2. The van der Waals surface area contributed by atoms with E-state index in [2.05, 4.69) is 25.4 Å². The van der Waals surface area contributed by atoms with Crippen molar-refractivity contribution in [3.63, 3.8) is 0 Å². The number of halogens is 4. The third kappa shape index (κ3) is 3.88. The van der Waals surface area contributed by atoms with E-state index >= 15 is 0 Å². The summed E-state index contributed by atoms with van der Waals surface area (Å²) in [7, 11) is 1.09. The first-order chi connectivity index (χ1) is 8.24. The Morgan fingerprint density at radius 2 is 2.06 bits per heavy atom.